The molecule has 6 nitrogen and oxygen atoms in total. The smallest absolute Gasteiger partial charge is 0.393 e. The van der Waals surface area contributed by atoms with E-state index in [0.29, 0.717) is 11.8 Å². The second-order valence-electron chi connectivity index (χ2n) is 8.27. The van der Waals surface area contributed by atoms with Gasteiger partial charge in [-0.15, -0.1) is 0 Å². The van der Waals surface area contributed by atoms with Gasteiger partial charge < -0.3 is 15.3 Å². The van der Waals surface area contributed by atoms with Gasteiger partial charge in [-0.2, -0.15) is 13.2 Å². The maximum atomic E-state index is 13.7. The summed E-state index contributed by atoms with van der Waals surface area (Å²) in [5.41, 5.74) is -1.02. The van der Waals surface area contributed by atoms with Gasteiger partial charge >= 0.3 is 6.18 Å². The molecule has 184 valence electrons. The quantitative estimate of drug-likeness (QED) is 0.582. The van der Waals surface area contributed by atoms with Crippen molar-refractivity contribution in [2.24, 2.45) is 0 Å². The van der Waals surface area contributed by atoms with Crippen molar-refractivity contribution in [2.45, 2.75) is 49.5 Å². The summed E-state index contributed by atoms with van der Waals surface area (Å²) in [6, 6.07) is 6.22. The van der Waals surface area contributed by atoms with E-state index < -0.39 is 51.5 Å². The number of alkyl halides is 3. The first-order valence-electron chi connectivity index (χ1n) is 10.3. The summed E-state index contributed by atoms with van der Waals surface area (Å²) in [6.07, 6.45) is -3.14. The maximum Gasteiger partial charge on any atom is 0.418 e. The summed E-state index contributed by atoms with van der Waals surface area (Å²) in [6.45, 7) is 3.02. The van der Waals surface area contributed by atoms with Crippen LogP contribution in [-0.2, 0) is 20.8 Å². The summed E-state index contributed by atoms with van der Waals surface area (Å²) in [7, 11) is -3.42. The minimum atomic E-state index is -4.83. The second kappa shape index (κ2) is 9.38. The fourth-order valence-corrected chi connectivity index (χ4v) is 4.63. The molecular formula is C23H24F4N2O4S. The van der Waals surface area contributed by atoms with E-state index in [1.54, 1.807) is 6.92 Å². The Morgan fingerprint density at radius 2 is 1.79 bits per heavy atom. The van der Waals surface area contributed by atoms with Crippen LogP contribution in [0.3, 0.4) is 0 Å². The average molecular weight is 501 g/mol. The van der Waals surface area contributed by atoms with Crippen LogP contribution < -0.4 is 10.2 Å². The highest BCUT2D eigenvalue weighted by molar-refractivity contribution is 7.90. The van der Waals surface area contributed by atoms with Crippen LogP contribution >= 0.6 is 0 Å². The Morgan fingerprint density at radius 3 is 2.32 bits per heavy atom. The molecule has 0 saturated heterocycles. The van der Waals surface area contributed by atoms with Crippen LogP contribution in [0.1, 0.15) is 25.8 Å². The van der Waals surface area contributed by atoms with Crippen LogP contribution in [0.2, 0.25) is 0 Å². The van der Waals surface area contributed by atoms with E-state index >= 15 is 0 Å². The van der Waals surface area contributed by atoms with E-state index in [4.69, 9.17) is 0 Å². The summed E-state index contributed by atoms with van der Waals surface area (Å²) in [5.74, 6) is -1.63. The average Bonchev–Trinajstić information content (AvgIpc) is 3.02. The molecule has 1 aliphatic heterocycles. The molecular weight excluding hydrogens is 476 g/mol. The number of aliphatic hydroxyl groups is 1. The van der Waals surface area contributed by atoms with E-state index in [9.17, 15) is 35.9 Å². The number of rotatable bonds is 6. The minimum Gasteiger partial charge on any atom is -0.393 e. The summed E-state index contributed by atoms with van der Waals surface area (Å²) in [5, 5.41) is 12.5. The number of amides is 1. The Morgan fingerprint density at radius 1 is 1.18 bits per heavy atom. The van der Waals surface area contributed by atoms with Gasteiger partial charge in [0.05, 0.1) is 34.3 Å². The molecule has 1 aliphatic rings. The highest BCUT2D eigenvalue weighted by Gasteiger charge is 2.41. The topological polar surface area (TPSA) is 86.7 Å². The zero-order chi connectivity index (χ0) is 25.4. The van der Waals surface area contributed by atoms with Crippen LogP contribution in [0, 0.1) is 5.82 Å². The minimum absolute atomic E-state index is 0.0405. The van der Waals surface area contributed by atoms with Crippen molar-refractivity contribution in [3.63, 3.8) is 0 Å². The third-order valence-corrected chi connectivity index (χ3v) is 6.65. The van der Waals surface area contributed by atoms with Crippen molar-refractivity contribution >= 4 is 27.1 Å². The number of hydrogen-bond donors (Lipinski definition) is 2. The lowest BCUT2D eigenvalue weighted by Gasteiger charge is -2.34. The molecule has 0 aromatic heterocycles. The van der Waals surface area contributed by atoms with Crippen molar-refractivity contribution in [3.05, 3.63) is 65.5 Å². The number of carbonyl (C=O) groups is 1. The molecule has 0 radical (unpaired) electrons. The summed E-state index contributed by atoms with van der Waals surface area (Å²) < 4.78 is 77.9. The predicted octanol–water partition coefficient (Wildman–Crippen LogP) is 4.16. The second-order valence-corrected chi connectivity index (χ2v) is 10.3. The van der Waals surface area contributed by atoms with E-state index in [1.807, 2.05) is 0 Å². The first kappa shape index (κ1) is 25.7. The number of aliphatic hydroxyl groups excluding tert-OH is 1. The third kappa shape index (κ3) is 5.58. The lowest BCUT2D eigenvalue weighted by atomic mass is 10.1. The van der Waals surface area contributed by atoms with Crippen LogP contribution in [0.4, 0.5) is 28.9 Å². The van der Waals surface area contributed by atoms with Gasteiger partial charge in [0.15, 0.2) is 9.84 Å². The Kier molecular flexibility index (Phi) is 7.09. The lowest BCUT2D eigenvalue weighted by molar-refractivity contribution is -0.137. The Balaban J connectivity index is 1.94. The normalized spacial score (nSPS) is 19.6. The number of benzene rings is 2. The number of nitrogens with one attached hydrogen (secondary N) is 1. The Hall–Kier alpha value is -2.92. The predicted molar refractivity (Wildman–Crippen MR) is 120 cm³/mol. The van der Waals surface area contributed by atoms with Crippen molar-refractivity contribution in [1.82, 2.24) is 0 Å². The molecule has 3 rings (SSSR count). The molecule has 2 aromatic rings. The molecule has 2 aromatic carbocycles. The number of carbonyl (C=O) groups excluding carboxylic acids is 1. The van der Waals surface area contributed by atoms with Crippen molar-refractivity contribution in [2.75, 3.05) is 16.5 Å². The number of hydrogen-bond acceptors (Lipinski definition) is 5. The van der Waals surface area contributed by atoms with Crippen LogP contribution in [0.25, 0.3) is 0 Å². The molecule has 11 heteroatoms. The van der Waals surface area contributed by atoms with Crippen molar-refractivity contribution < 1.29 is 35.9 Å². The number of sulfone groups is 1. The first-order chi connectivity index (χ1) is 15.7. The number of nitrogens with zero attached hydrogens (tertiary/aromatic N) is 1. The highest BCUT2D eigenvalue weighted by Crippen LogP contribution is 2.42. The van der Waals surface area contributed by atoms with E-state index in [2.05, 4.69) is 5.32 Å². The molecule has 0 spiro atoms. The number of halogens is 4. The van der Waals surface area contributed by atoms with Gasteiger partial charge in [0.1, 0.15) is 5.82 Å². The third-order valence-electron chi connectivity index (χ3n) is 5.52. The Labute approximate surface area is 194 Å². The van der Waals surface area contributed by atoms with Gasteiger partial charge in [-0.1, -0.05) is 6.08 Å². The van der Waals surface area contributed by atoms with Crippen LogP contribution in [0.5, 0.6) is 0 Å². The largest absolute Gasteiger partial charge is 0.418 e. The first-order valence-corrected chi connectivity index (χ1v) is 12.2. The molecule has 3 atom stereocenters. The highest BCUT2D eigenvalue weighted by atomic mass is 32.2. The zero-order valence-corrected chi connectivity index (χ0v) is 19.4. The van der Waals surface area contributed by atoms with Crippen molar-refractivity contribution in [3.8, 4) is 0 Å². The van der Waals surface area contributed by atoms with Crippen LogP contribution in [0.15, 0.2) is 59.0 Å². The van der Waals surface area contributed by atoms with Gasteiger partial charge in [-0.3, -0.25) is 4.79 Å². The van der Waals surface area contributed by atoms with Gasteiger partial charge in [0.2, 0.25) is 0 Å². The molecule has 2 unspecified atom stereocenters. The molecule has 34 heavy (non-hydrogen) atoms. The molecule has 0 saturated carbocycles. The van der Waals surface area contributed by atoms with Crippen molar-refractivity contribution in [1.29, 1.82) is 0 Å². The molecule has 1 amide bonds. The van der Waals surface area contributed by atoms with Gasteiger partial charge in [-0.05, 0) is 62.7 Å². The summed E-state index contributed by atoms with van der Waals surface area (Å²) in [4.78, 5) is 14.4. The molecule has 0 fully saturated rings. The molecule has 2 N–H and O–H groups in total. The maximum absolute atomic E-state index is 13.7. The van der Waals surface area contributed by atoms with E-state index in [1.165, 1.54) is 42.2 Å². The van der Waals surface area contributed by atoms with E-state index in [-0.39, 0.29) is 22.6 Å². The van der Waals surface area contributed by atoms with Gasteiger partial charge in [-0.25, -0.2) is 12.8 Å². The zero-order valence-electron chi connectivity index (χ0n) is 18.6. The SMILES string of the molecule is CC1C(C(=O)Nc2ccc(S(C)(=O)=O)cc2)=CC(C[C@H](C)O)N1c1ccc(F)cc1C(F)(F)F. The molecule has 1 heterocycles. The standard InChI is InChI=1S/C23H24F4N2O4S/c1-13(30)10-17-12-19(22(31)28-16-5-7-18(8-6-16)34(3,32)33)14(2)29(17)21-9-4-15(24)11-20(21)23(25,26)27/h4-9,11-14,17,30H,10H2,1-3H3,(H,28,31)/t13-,14?,17?/m0/s1. The van der Waals surface area contributed by atoms with Crippen LogP contribution in [-0.4, -0.2) is 43.9 Å². The summed E-state index contributed by atoms with van der Waals surface area (Å²) >= 11 is 0. The monoisotopic (exact) mass is 500 g/mol. The number of anilines is 2. The molecule has 0 aliphatic carbocycles. The Bertz CT molecular complexity index is 1210. The van der Waals surface area contributed by atoms with Gasteiger partial charge in [0.25, 0.3) is 5.91 Å². The fourth-order valence-electron chi connectivity index (χ4n) is 4.00. The van der Waals surface area contributed by atoms with Gasteiger partial charge in [0, 0.05) is 17.5 Å². The lowest BCUT2D eigenvalue weighted by Crippen LogP contribution is -2.40. The van der Waals surface area contributed by atoms with E-state index in [0.717, 1.165) is 18.4 Å². The molecule has 0 bridgehead atoms. The fraction of sp³-hybridized carbons (Fsp3) is 0.348.